The molecule has 114 valence electrons. The van der Waals surface area contributed by atoms with E-state index in [1.54, 1.807) is 7.11 Å². The minimum atomic E-state index is -0.578. The molecule has 0 spiro atoms. The summed E-state index contributed by atoms with van der Waals surface area (Å²) in [6, 6.07) is 11.0. The van der Waals surface area contributed by atoms with Crippen molar-refractivity contribution in [1.82, 2.24) is 5.32 Å². The Morgan fingerprint density at radius 3 is 2.55 bits per heavy atom. The molecule has 0 aliphatic rings. The zero-order valence-electron chi connectivity index (χ0n) is 12.0. The maximum absolute atomic E-state index is 13.1. The molecule has 0 atom stereocenters. The minimum absolute atomic E-state index is 0.350. The number of halogens is 2. The lowest BCUT2D eigenvalue weighted by molar-refractivity contribution is 0.406. The van der Waals surface area contributed by atoms with Gasteiger partial charge in [-0.3, -0.25) is 0 Å². The van der Waals surface area contributed by atoms with Gasteiger partial charge in [-0.25, -0.2) is 8.78 Å². The third-order valence-electron chi connectivity index (χ3n) is 3.33. The molecule has 0 fully saturated rings. The molecule has 3 aromatic rings. The van der Waals surface area contributed by atoms with Gasteiger partial charge in [0.1, 0.15) is 17.4 Å². The Hall–Kier alpha value is -2.40. The van der Waals surface area contributed by atoms with Crippen LogP contribution < -0.4 is 10.1 Å². The molecule has 3 nitrogen and oxygen atoms in total. The average molecular weight is 303 g/mol. The molecule has 22 heavy (non-hydrogen) atoms. The molecule has 0 amide bonds. The summed E-state index contributed by atoms with van der Waals surface area (Å²) < 4.78 is 37.2. The van der Waals surface area contributed by atoms with Crippen LogP contribution in [-0.2, 0) is 13.1 Å². The summed E-state index contributed by atoms with van der Waals surface area (Å²) in [6.45, 7) is 0.804. The highest BCUT2D eigenvalue weighted by Crippen LogP contribution is 2.28. The molecule has 1 N–H and O–H groups in total. The highest BCUT2D eigenvalue weighted by Gasteiger charge is 2.08. The van der Waals surface area contributed by atoms with Crippen molar-refractivity contribution in [2.75, 3.05) is 7.11 Å². The summed E-state index contributed by atoms with van der Waals surface area (Å²) in [7, 11) is 1.59. The summed E-state index contributed by atoms with van der Waals surface area (Å²) in [6.07, 6.45) is 0. The molecule has 3 rings (SSSR count). The van der Waals surface area contributed by atoms with E-state index in [-0.39, 0.29) is 0 Å². The first-order valence-corrected chi connectivity index (χ1v) is 6.87. The summed E-state index contributed by atoms with van der Waals surface area (Å²) in [5.41, 5.74) is 1.24. The van der Waals surface area contributed by atoms with E-state index in [1.165, 1.54) is 12.1 Å². The molecule has 0 bridgehead atoms. The van der Waals surface area contributed by atoms with Crippen molar-refractivity contribution in [3.05, 3.63) is 65.4 Å². The van der Waals surface area contributed by atoms with Gasteiger partial charge in [0, 0.05) is 18.0 Å². The molecule has 0 saturated heterocycles. The van der Waals surface area contributed by atoms with Gasteiger partial charge in [-0.2, -0.15) is 0 Å². The van der Waals surface area contributed by atoms with Crippen molar-refractivity contribution in [1.29, 1.82) is 0 Å². The van der Waals surface area contributed by atoms with Crippen LogP contribution >= 0.6 is 0 Å². The number of hydrogen-bond acceptors (Lipinski definition) is 3. The van der Waals surface area contributed by atoms with Crippen LogP contribution in [0, 0.1) is 11.6 Å². The number of ether oxygens (including phenoxy) is 1. The van der Waals surface area contributed by atoms with Crippen LogP contribution in [0.3, 0.4) is 0 Å². The summed E-state index contributed by atoms with van der Waals surface area (Å²) >= 11 is 0. The third kappa shape index (κ3) is 3.09. The van der Waals surface area contributed by atoms with E-state index in [0.717, 1.165) is 17.2 Å². The Kier molecular flexibility index (Phi) is 4.06. The molecule has 5 heteroatoms. The van der Waals surface area contributed by atoms with Gasteiger partial charge in [0.25, 0.3) is 0 Å². The van der Waals surface area contributed by atoms with E-state index in [9.17, 15) is 8.78 Å². The molecule has 2 aromatic carbocycles. The highest BCUT2D eigenvalue weighted by molar-refractivity contribution is 5.83. The van der Waals surface area contributed by atoms with Crippen LogP contribution in [0.2, 0.25) is 0 Å². The van der Waals surface area contributed by atoms with Crippen LogP contribution in [0.5, 0.6) is 5.75 Å². The monoisotopic (exact) mass is 303 g/mol. The van der Waals surface area contributed by atoms with Crippen LogP contribution in [0.25, 0.3) is 11.0 Å². The fourth-order valence-electron chi connectivity index (χ4n) is 2.38. The first kappa shape index (κ1) is 14.5. The van der Waals surface area contributed by atoms with Gasteiger partial charge < -0.3 is 14.5 Å². The average Bonchev–Trinajstić information content (AvgIpc) is 2.88. The van der Waals surface area contributed by atoms with E-state index in [4.69, 9.17) is 9.15 Å². The number of rotatable bonds is 5. The first-order valence-electron chi connectivity index (χ1n) is 6.87. The number of furan rings is 1. The second kappa shape index (κ2) is 6.15. The lowest BCUT2D eigenvalue weighted by atomic mass is 10.2. The van der Waals surface area contributed by atoms with E-state index < -0.39 is 11.6 Å². The smallest absolute Gasteiger partial charge is 0.176 e. The SMILES string of the molecule is COc1cccc2cc(CNCc3cc(F)cc(F)c3)oc12. The normalized spacial score (nSPS) is 11.0. The predicted molar refractivity (Wildman–Crippen MR) is 79.7 cm³/mol. The van der Waals surface area contributed by atoms with Crippen LogP contribution in [0.4, 0.5) is 8.78 Å². The second-order valence-electron chi connectivity index (χ2n) is 4.97. The molecule has 1 heterocycles. The van der Waals surface area contributed by atoms with Gasteiger partial charge in [-0.15, -0.1) is 0 Å². The van der Waals surface area contributed by atoms with Crippen molar-refractivity contribution >= 4 is 11.0 Å². The molecule has 0 radical (unpaired) electrons. The van der Waals surface area contributed by atoms with Crippen LogP contribution in [-0.4, -0.2) is 7.11 Å². The molecule has 0 aliphatic heterocycles. The maximum atomic E-state index is 13.1. The lowest BCUT2D eigenvalue weighted by Crippen LogP contribution is -2.12. The zero-order valence-corrected chi connectivity index (χ0v) is 12.0. The van der Waals surface area contributed by atoms with E-state index in [2.05, 4.69) is 5.32 Å². The molecule has 0 aliphatic carbocycles. The number of benzene rings is 2. The van der Waals surface area contributed by atoms with Crippen molar-refractivity contribution < 1.29 is 17.9 Å². The Labute approximate surface area is 126 Å². The van der Waals surface area contributed by atoms with E-state index >= 15 is 0 Å². The molecule has 0 unspecified atom stereocenters. The lowest BCUT2D eigenvalue weighted by Gasteiger charge is -2.04. The predicted octanol–water partition coefficient (Wildman–Crippen LogP) is 4.01. The number of hydrogen-bond donors (Lipinski definition) is 1. The van der Waals surface area contributed by atoms with Crippen molar-refractivity contribution in [2.24, 2.45) is 0 Å². The summed E-state index contributed by atoms with van der Waals surface area (Å²) in [5, 5.41) is 4.05. The van der Waals surface area contributed by atoms with Gasteiger partial charge in [0.15, 0.2) is 11.3 Å². The van der Waals surface area contributed by atoms with Gasteiger partial charge in [0.05, 0.1) is 13.7 Å². The molecular formula is C17H15F2NO2. The number of para-hydroxylation sites is 1. The highest BCUT2D eigenvalue weighted by atomic mass is 19.1. The first-order chi connectivity index (χ1) is 10.7. The summed E-state index contributed by atoms with van der Waals surface area (Å²) in [5.74, 6) is 0.253. The van der Waals surface area contributed by atoms with Crippen molar-refractivity contribution in [3.8, 4) is 5.75 Å². The fourth-order valence-corrected chi connectivity index (χ4v) is 2.38. The van der Waals surface area contributed by atoms with E-state index in [0.29, 0.717) is 30.0 Å². The fraction of sp³-hybridized carbons (Fsp3) is 0.176. The van der Waals surface area contributed by atoms with Gasteiger partial charge in [-0.1, -0.05) is 12.1 Å². The number of methoxy groups -OCH3 is 1. The van der Waals surface area contributed by atoms with Gasteiger partial charge >= 0.3 is 0 Å². The number of fused-ring (bicyclic) bond motifs is 1. The van der Waals surface area contributed by atoms with Crippen LogP contribution in [0.1, 0.15) is 11.3 Å². The zero-order chi connectivity index (χ0) is 15.5. The van der Waals surface area contributed by atoms with Gasteiger partial charge in [0.2, 0.25) is 0 Å². The third-order valence-corrected chi connectivity index (χ3v) is 3.33. The minimum Gasteiger partial charge on any atom is -0.493 e. The molecule has 1 aromatic heterocycles. The van der Waals surface area contributed by atoms with Crippen molar-refractivity contribution in [3.63, 3.8) is 0 Å². The Balaban J connectivity index is 1.69. The quantitative estimate of drug-likeness (QED) is 0.773. The topological polar surface area (TPSA) is 34.4 Å². The maximum Gasteiger partial charge on any atom is 0.176 e. The molecule has 0 saturated carbocycles. The summed E-state index contributed by atoms with van der Waals surface area (Å²) in [4.78, 5) is 0. The van der Waals surface area contributed by atoms with E-state index in [1.807, 2.05) is 24.3 Å². The van der Waals surface area contributed by atoms with Gasteiger partial charge in [-0.05, 0) is 29.8 Å². The Morgan fingerprint density at radius 1 is 1.05 bits per heavy atom. The Morgan fingerprint density at radius 2 is 1.82 bits per heavy atom. The largest absolute Gasteiger partial charge is 0.493 e. The second-order valence-corrected chi connectivity index (χ2v) is 4.97. The standard InChI is InChI=1S/C17H15F2NO2/c1-21-16-4-2-3-12-7-15(22-17(12)16)10-20-9-11-5-13(18)8-14(19)6-11/h2-8,20H,9-10H2,1H3. The van der Waals surface area contributed by atoms with Crippen molar-refractivity contribution in [2.45, 2.75) is 13.1 Å². The van der Waals surface area contributed by atoms with Crippen LogP contribution in [0.15, 0.2) is 46.9 Å². The molecular weight excluding hydrogens is 288 g/mol. The number of nitrogens with one attached hydrogen (secondary N) is 1. The Bertz CT molecular complexity index is 778.